The fourth-order valence-electron chi connectivity index (χ4n) is 5.93. The van der Waals surface area contributed by atoms with Gasteiger partial charge in [0.05, 0.1) is 13.1 Å². The molecule has 4 saturated heterocycles. The zero-order valence-electron chi connectivity index (χ0n) is 15.5. The van der Waals surface area contributed by atoms with E-state index in [1.54, 1.807) is 0 Å². The lowest BCUT2D eigenvalue weighted by Gasteiger charge is -2.65. The van der Waals surface area contributed by atoms with Crippen molar-refractivity contribution in [3.63, 3.8) is 0 Å². The van der Waals surface area contributed by atoms with E-state index in [1.807, 2.05) is 0 Å². The summed E-state index contributed by atoms with van der Waals surface area (Å²) in [7, 11) is 0. The van der Waals surface area contributed by atoms with Gasteiger partial charge in [-0.2, -0.15) is 0 Å². The van der Waals surface area contributed by atoms with Gasteiger partial charge in [-0.05, 0) is 12.0 Å². The fraction of sp³-hybridized carbons (Fsp3) is 0.700. The molecule has 144 valence electrons. The predicted molar refractivity (Wildman–Crippen MR) is 104 cm³/mol. The zero-order chi connectivity index (χ0) is 16.9. The molecule has 0 radical (unpaired) electrons. The Morgan fingerprint density at radius 3 is 2.23 bits per heavy atom. The van der Waals surface area contributed by atoms with E-state index in [0.717, 1.165) is 5.33 Å². The van der Waals surface area contributed by atoms with Crippen LogP contribution in [0.2, 0.25) is 0 Å². The molecule has 4 aliphatic heterocycles. The fourth-order valence-corrected chi connectivity index (χ4v) is 6.30. The molecule has 3 unspecified atom stereocenters. The van der Waals surface area contributed by atoms with Crippen molar-refractivity contribution in [3.05, 3.63) is 35.4 Å². The number of hydrogen-bond acceptors (Lipinski definition) is 3. The van der Waals surface area contributed by atoms with Crippen molar-refractivity contribution in [2.75, 3.05) is 52.4 Å². The van der Waals surface area contributed by atoms with Gasteiger partial charge < -0.3 is 21.5 Å². The maximum atomic E-state index is 3.57. The molecular formula is C20H30Br2N4. The Bertz CT molecular complexity index is 619. The molecule has 0 spiro atoms. The van der Waals surface area contributed by atoms with Crippen LogP contribution >= 0.6 is 15.9 Å². The highest BCUT2D eigenvalue weighted by Gasteiger charge is 2.57. The van der Waals surface area contributed by atoms with Gasteiger partial charge in [0.1, 0.15) is 12.7 Å². The second-order valence-corrected chi connectivity index (χ2v) is 8.98. The first-order valence-electron chi connectivity index (χ1n) is 10.0. The van der Waals surface area contributed by atoms with Crippen LogP contribution in [0.15, 0.2) is 24.3 Å². The first-order chi connectivity index (χ1) is 12.3. The van der Waals surface area contributed by atoms with Crippen LogP contribution in [-0.4, -0.2) is 83.9 Å². The van der Waals surface area contributed by atoms with Crippen LogP contribution in [0, 0.1) is 0 Å². The monoisotopic (exact) mass is 484 g/mol. The molecule has 4 fully saturated rings. The lowest BCUT2D eigenvalue weighted by molar-refractivity contribution is -0.989. The predicted octanol–water partition coefficient (Wildman–Crippen LogP) is -0.705. The van der Waals surface area contributed by atoms with E-state index < -0.39 is 0 Å². The summed E-state index contributed by atoms with van der Waals surface area (Å²) in [6.45, 7) is 11.7. The highest BCUT2D eigenvalue weighted by molar-refractivity contribution is 9.08. The molecule has 0 aromatic heterocycles. The molecule has 3 atom stereocenters. The van der Waals surface area contributed by atoms with Gasteiger partial charge in [-0.25, -0.2) is 0 Å². The lowest BCUT2D eigenvalue weighted by atomic mass is 9.96. The smallest absolute Gasteiger partial charge is 0.175 e. The molecule has 6 heteroatoms. The molecule has 0 N–H and O–H groups in total. The van der Waals surface area contributed by atoms with Gasteiger partial charge in [-0.1, -0.05) is 40.2 Å². The van der Waals surface area contributed by atoms with Crippen molar-refractivity contribution in [3.8, 4) is 0 Å². The van der Waals surface area contributed by atoms with E-state index in [1.165, 1.54) is 87.4 Å². The summed E-state index contributed by atoms with van der Waals surface area (Å²) in [4.78, 5) is 8.45. The minimum Gasteiger partial charge on any atom is -1.00 e. The summed E-state index contributed by atoms with van der Waals surface area (Å²) in [5.74, 6) is 0. The molecule has 4 nitrogen and oxygen atoms in total. The Kier molecular flexibility index (Phi) is 5.80. The lowest BCUT2D eigenvalue weighted by Crippen LogP contribution is -3.00. The summed E-state index contributed by atoms with van der Waals surface area (Å²) in [5.41, 5.74) is 2.90. The minimum atomic E-state index is 0. The number of quaternary nitrogens is 1. The average molecular weight is 486 g/mol. The van der Waals surface area contributed by atoms with Gasteiger partial charge >= 0.3 is 0 Å². The molecule has 1 aromatic carbocycles. The van der Waals surface area contributed by atoms with Gasteiger partial charge in [0.15, 0.2) is 6.17 Å². The number of nitrogens with zero attached hydrogens (tertiary/aromatic N) is 4. The topological polar surface area (TPSA) is 9.72 Å². The number of piperazine rings is 2. The maximum Gasteiger partial charge on any atom is 0.175 e. The Balaban J connectivity index is 0.00000168. The normalized spacial score (nSPS) is 34.8. The van der Waals surface area contributed by atoms with Crippen LogP contribution in [0.5, 0.6) is 0 Å². The Labute approximate surface area is 176 Å². The Morgan fingerprint density at radius 2 is 1.46 bits per heavy atom. The minimum absolute atomic E-state index is 0. The molecule has 26 heavy (non-hydrogen) atoms. The first-order valence-corrected chi connectivity index (χ1v) is 11.1. The van der Waals surface area contributed by atoms with Crippen molar-refractivity contribution < 1.29 is 21.5 Å². The van der Waals surface area contributed by atoms with Crippen LogP contribution in [0.25, 0.3) is 0 Å². The number of halogens is 2. The highest BCUT2D eigenvalue weighted by Crippen LogP contribution is 2.39. The van der Waals surface area contributed by atoms with Crippen molar-refractivity contribution >= 4 is 15.9 Å². The summed E-state index contributed by atoms with van der Waals surface area (Å²) in [5, 5.41) is 0.954. The number of alkyl halides is 1. The average Bonchev–Trinajstić information content (AvgIpc) is 2.67. The van der Waals surface area contributed by atoms with E-state index in [4.69, 9.17) is 0 Å². The molecule has 5 rings (SSSR count). The third-order valence-electron chi connectivity index (χ3n) is 7.07. The van der Waals surface area contributed by atoms with Gasteiger partial charge in [-0.3, -0.25) is 14.7 Å². The molecule has 0 bridgehead atoms. The van der Waals surface area contributed by atoms with E-state index in [0.29, 0.717) is 12.3 Å². The Morgan fingerprint density at radius 1 is 0.808 bits per heavy atom. The first kappa shape index (κ1) is 19.3. The second-order valence-electron chi connectivity index (χ2n) is 8.42. The molecule has 1 aromatic rings. The Hall–Kier alpha value is 0.0200. The third kappa shape index (κ3) is 3.20. The van der Waals surface area contributed by atoms with Gasteiger partial charge in [0.25, 0.3) is 0 Å². The van der Waals surface area contributed by atoms with Crippen LogP contribution < -0.4 is 17.0 Å². The molecule has 0 amide bonds. The zero-order valence-corrected chi connectivity index (χ0v) is 18.7. The summed E-state index contributed by atoms with van der Waals surface area (Å²) >= 11 is 3.57. The van der Waals surface area contributed by atoms with Gasteiger partial charge in [-0.15, -0.1) is 0 Å². The summed E-state index contributed by atoms with van der Waals surface area (Å²) in [6.07, 6.45) is 4.07. The standard InChI is InChI=1S/C20H30BrN4.BrH/c21-15-17-3-5-18(6-4-17)16-25-13-2-9-24-11-10-22-7-1-8-23(12-14-25)19(22)20(24)25;/h3-6,19-20H,1-2,7-16H2;1H/q+1;/p-1. The highest BCUT2D eigenvalue weighted by atomic mass is 79.9. The summed E-state index contributed by atoms with van der Waals surface area (Å²) < 4.78 is 1.30. The van der Waals surface area contributed by atoms with Crippen LogP contribution in [0.4, 0.5) is 0 Å². The number of hydrogen-bond donors (Lipinski definition) is 0. The molecule has 0 saturated carbocycles. The number of rotatable bonds is 3. The van der Waals surface area contributed by atoms with E-state index in [-0.39, 0.29) is 17.0 Å². The number of benzene rings is 1. The van der Waals surface area contributed by atoms with Crippen LogP contribution in [0.1, 0.15) is 24.0 Å². The largest absolute Gasteiger partial charge is 1.00 e. The summed E-state index contributed by atoms with van der Waals surface area (Å²) in [6, 6.07) is 9.34. The maximum absolute atomic E-state index is 3.57. The SMILES string of the molecule is BrCc1ccc(C[N+]23CCCN4CCN5CCCN(CC2)C5C43)cc1.[Br-]. The van der Waals surface area contributed by atoms with Crippen LogP contribution in [-0.2, 0) is 11.9 Å². The molecule has 4 aliphatic rings. The van der Waals surface area contributed by atoms with E-state index in [9.17, 15) is 0 Å². The van der Waals surface area contributed by atoms with Crippen molar-refractivity contribution in [1.29, 1.82) is 0 Å². The van der Waals surface area contributed by atoms with Crippen LogP contribution in [0.3, 0.4) is 0 Å². The van der Waals surface area contributed by atoms with E-state index >= 15 is 0 Å². The van der Waals surface area contributed by atoms with Crippen molar-refractivity contribution in [2.24, 2.45) is 0 Å². The van der Waals surface area contributed by atoms with Gasteiger partial charge in [0, 0.05) is 56.6 Å². The molecule has 0 aliphatic carbocycles. The quantitative estimate of drug-likeness (QED) is 0.414. The molecular weight excluding hydrogens is 456 g/mol. The molecule has 4 heterocycles. The third-order valence-corrected chi connectivity index (χ3v) is 7.72. The van der Waals surface area contributed by atoms with E-state index in [2.05, 4.69) is 54.9 Å². The second kappa shape index (κ2) is 7.80. The van der Waals surface area contributed by atoms with Gasteiger partial charge in [0.2, 0.25) is 0 Å². The van der Waals surface area contributed by atoms with Crippen molar-refractivity contribution in [2.45, 2.75) is 37.0 Å². The van der Waals surface area contributed by atoms with Crippen molar-refractivity contribution in [1.82, 2.24) is 14.7 Å².